The molecule has 2 rings (SSSR count). The van der Waals surface area contributed by atoms with E-state index in [9.17, 15) is 9.59 Å². The van der Waals surface area contributed by atoms with Gasteiger partial charge >= 0.3 is 5.97 Å². The molecule has 5 nitrogen and oxygen atoms in total. The molecule has 1 amide bonds. The number of primary amides is 1. The van der Waals surface area contributed by atoms with Crippen molar-refractivity contribution in [3.8, 4) is 0 Å². The predicted molar refractivity (Wildman–Crippen MR) is 54.9 cm³/mol. The highest BCUT2D eigenvalue weighted by molar-refractivity contribution is 5.90. The molecule has 1 unspecified atom stereocenters. The number of esters is 1. The molecule has 16 heavy (non-hydrogen) atoms. The topological polar surface area (TPSA) is 78.6 Å². The maximum Gasteiger partial charge on any atom is 0.309 e. The molecule has 0 aromatic carbocycles. The van der Waals surface area contributed by atoms with E-state index in [1.165, 1.54) is 12.8 Å². The summed E-state index contributed by atoms with van der Waals surface area (Å²) < 4.78 is 10.5. The number of hydrogen-bond donors (Lipinski definition) is 1. The van der Waals surface area contributed by atoms with E-state index in [1.807, 2.05) is 0 Å². The van der Waals surface area contributed by atoms with Gasteiger partial charge in [-0.3, -0.25) is 9.59 Å². The van der Waals surface area contributed by atoms with Gasteiger partial charge in [0.2, 0.25) is 0 Å². The van der Waals surface area contributed by atoms with Gasteiger partial charge in [0, 0.05) is 0 Å². The lowest BCUT2D eigenvalue weighted by Crippen LogP contribution is -2.49. The molecular formula is C11H16NO4. The normalized spacial score (nSPS) is 31.4. The molecule has 1 radical (unpaired) electrons. The van der Waals surface area contributed by atoms with Crippen molar-refractivity contribution in [2.45, 2.75) is 50.4 Å². The fourth-order valence-electron chi connectivity index (χ4n) is 2.18. The van der Waals surface area contributed by atoms with Crippen LogP contribution in [0.2, 0.25) is 0 Å². The largest absolute Gasteiger partial charge is 0.423 e. The van der Waals surface area contributed by atoms with E-state index in [0.717, 1.165) is 25.7 Å². The number of hydrogen-bond acceptors (Lipinski definition) is 4. The third kappa shape index (κ3) is 2.19. The van der Waals surface area contributed by atoms with E-state index < -0.39 is 17.7 Å². The molecule has 1 saturated heterocycles. The standard InChI is InChI=1S/C11H16NO4/c12-10(14)11(7-6-9(13)16-11)15-8-4-2-1-3-5-8/h7-8H,1-6H2,(H2,12,14). The maximum atomic E-state index is 11.3. The first-order chi connectivity index (χ1) is 7.62. The highest BCUT2D eigenvalue weighted by Crippen LogP contribution is 2.32. The van der Waals surface area contributed by atoms with Crippen LogP contribution in [0, 0.1) is 6.42 Å². The van der Waals surface area contributed by atoms with E-state index >= 15 is 0 Å². The summed E-state index contributed by atoms with van der Waals surface area (Å²) in [6.07, 6.45) is 6.58. The van der Waals surface area contributed by atoms with Crippen molar-refractivity contribution in [2.75, 3.05) is 0 Å². The SMILES string of the molecule is NC(=O)C1(OC2CCCCC2)[CH]CC(=O)O1. The summed E-state index contributed by atoms with van der Waals surface area (Å²) in [7, 11) is 0. The predicted octanol–water partition coefficient (Wildman–Crippen LogP) is 0.668. The van der Waals surface area contributed by atoms with Gasteiger partial charge in [0.25, 0.3) is 11.7 Å². The van der Waals surface area contributed by atoms with Gasteiger partial charge in [0.1, 0.15) is 0 Å². The Morgan fingerprint density at radius 1 is 1.44 bits per heavy atom. The molecule has 89 valence electrons. The summed E-state index contributed by atoms with van der Waals surface area (Å²) in [6, 6.07) is 0. The summed E-state index contributed by atoms with van der Waals surface area (Å²) >= 11 is 0. The van der Waals surface area contributed by atoms with Crippen LogP contribution in [0.15, 0.2) is 0 Å². The fourth-order valence-corrected chi connectivity index (χ4v) is 2.18. The molecule has 1 aliphatic heterocycles. The molecule has 1 atom stereocenters. The van der Waals surface area contributed by atoms with Gasteiger partial charge in [-0.2, -0.15) is 0 Å². The molecule has 1 heterocycles. The Kier molecular flexibility index (Phi) is 3.14. The molecular weight excluding hydrogens is 210 g/mol. The first-order valence-electron chi connectivity index (χ1n) is 5.66. The molecule has 2 fully saturated rings. The molecule has 0 aromatic rings. The van der Waals surface area contributed by atoms with Crippen LogP contribution in [0.4, 0.5) is 0 Å². The van der Waals surface area contributed by atoms with Crippen molar-refractivity contribution >= 4 is 11.9 Å². The minimum Gasteiger partial charge on any atom is -0.423 e. The smallest absolute Gasteiger partial charge is 0.309 e. The van der Waals surface area contributed by atoms with E-state index in [2.05, 4.69) is 0 Å². The second-order valence-corrected chi connectivity index (χ2v) is 4.29. The number of cyclic esters (lactones) is 1. The number of carbonyl (C=O) groups excluding carboxylic acids is 2. The summed E-state index contributed by atoms with van der Waals surface area (Å²) in [5.74, 6) is -2.82. The van der Waals surface area contributed by atoms with Crippen LogP contribution >= 0.6 is 0 Å². The number of rotatable bonds is 3. The van der Waals surface area contributed by atoms with Crippen LogP contribution < -0.4 is 5.73 Å². The highest BCUT2D eigenvalue weighted by Gasteiger charge is 2.49. The second kappa shape index (κ2) is 4.41. The van der Waals surface area contributed by atoms with Crippen molar-refractivity contribution in [1.29, 1.82) is 0 Å². The lowest BCUT2D eigenvalue weighted by Gasteiger charge is -2.31. The Balaban J connectivity index is 2.02. The number of amides is 1. The number of carbonyl (C=O) groups is 2. The molecule has 0 aromatic heterocycles. The molecule has 2 N–H and O–H groups in total. The van der Waals surface area contributed by atoms with Crippen molar-refractivity contribution in [3.05, 3.63) is 6.42 Å². The van der Waals surface area contributed by atoms with Crippen LogP contribution in [0.25, 0.3) is 0 Å². The first-order valence-corrected chi connectivity index (χ1v) is 5.66. The van der Waals surface area contributed by atoms with Crippen LogP contribution in [0.3, 0.4) is 0 Å². The van der Waals surface area contributed by atoms with E-state index in [4.69, 9.17) is 15.2 Å². The average Bonchev–Trinajstić information content (AvgIpc) is 2.63. The Morgan fingerprint density at radius 2 is 2.12 bits per heavy atom. The molecule has 2 aliphatic rings. The lowest BCUT2D eigenvalue weighted by molar-refractivity contribution is -0.218. The molecule has 0 spiro atoms. The minimum atomic E-state index is -1.61. The summed E-state index contributed by atoms with van der Waals surface area (Å²) in [5.41, 5.74) is 5.24. The number of ether oxygens (including phenoxy) is 2. The summed E-state index contributed by atoms with van der Waals surface area (Å²) in [4.78, 5) is 22.4. The van der Waals surface area contributed by atoms with Crippen LogP contribution in [-0.4, -0.2) is 23.8 Å². The zero-order chi connectivity index (χ0) is 11.6. The quantitative estimate of drug-likeness (QED) is 0.717. The van der Waals surface area contributed by atoms with Crippen molar-refractivity contribution < 1.29 is 19.1 Å². The zero-order valence-corrected chi connectivity index (χ0v) is 9.11. The van der Waals surface area contributed by atoms with Crippen molar-refractivity contribution in [1.82, 2.24) is 0 Å². The Bertz CT molecular complexity index is 298. The Morgan fingerprint density at radius 3 is 2.62 bits per heavy atom. The molecule has 0 bridgehead atoms. The second-order valence-electron chi connectivity index (χ2n) is 4.29. The van der Waals surface area contributed by atoms with Gasteiger partial charge in [-0.05, 0) is 12.8 Å². The van der Waals surface area contributed by atoms with Gasteiger partial charge < -0.3 is 15.2 Å². The molecule has 1 saturated carbocycles. The third-order valence-corrected chi connectivity index (χ3v) is 3.04. The first kappa shape index (κ1) is 11.4. The van der Waals surface area contributed by atoms with Crippen molar-refractivity contribution in [3.63, 3.8) is 0 Å². The van der Waals surface area contributed by atoms with Crippen molar-refractivity contribution in [2.24, 2.45) is 5.73 Å². The molecule has 5 heteroatoms. The van der Waals surface area contributed by atoms with Gasteiger partial charge in [-0.1, -0.05) is 19.3 Å². The van der Waals surface area contributed by atoms with Crippen LogP contribution in [0.5, 0.6) is 0 Å². The Hall–Kier alpha value is -1.10. The number of nitrogens with two attached hydrogens (primary N) is 1. The summed E-state index contributed by atoms with van der Waals surface area (Å²) in [5, 5.41) is 0. The minimum absolute atomic E-state index is 0.0385. The molecule has 1 aliphatic carbocycles. The van der Waals surface area contributed by atoms with Gasteiger partial charge in [-0.25, -0.2) is 0 Å². The highest BCUT2D eigenvalue weighted by atomic mass is 16.7. The monoisotopic (exact) mass is 226 g/mol. The maximum absolute atomic E-state index is 11.3. The Labute approximate surface area is 94.3 Å². The van der Waals surface area contributed by atoms with Crippen LogP contribution in [-0.2, 0) is 19.1 Å². The zero-order valence-electron chi connectivity index (χ0n) is 9.11. The van der Waals surface area contributed by atoms with Gasteiger partial charge in [-0.15, -0.1) is 0 Å². The fraction of sp³-hybridized carbons (Fsp3) is 0.727. The third-order valence-electron chi connectivity index (χ3n) is 3.04. The average molecular weight is 226 g/mol. The van der Waals surface area contributed by atoms with E-state index in [0.29, 0.717) is 0 Å². The lowest BCUT2D eigenvalue weighted by atomic mass is 9.97. The summed E-state index contributed by atoms with van der Waals surface area (Å²) in [6.45, 7) is 0. The van der Waals surface area contributed by atoms with E-state index in [-0.39, 0.29) is 12.5 Å². The van der Waals surface area contributed by atoms with Gasteiger partial charge in [0.05, 0.1) is 18.9 Å². The van der Waals surface area contributed by atoms with E-state index in [1.54, 1.807) is 0 Å². The van der Waals surface area contributed by atoms with Crippen LogP contribution in [0.1, 0.15) is 38.5 Å². The van der Waals surface area contributed by atoms with Gasteiger partial charge in [0.15, 0.2) is 0 Å².